The average molecular weight is 519 g/mol. The van der Waals surface area contributed by atoms with Crippen LogP contribution in [-0.4, -0.2) is 0 Å². The molecule has 5 aromatic carbocycles. The maximum absolute atomic E-state index is 3.79. The predicted molar refractivity (Wildman–Crippen MR) is 150 cm³/mol. The summed E-state index contributed by atoms with van der Waals surface area (Å²) in [4.78, 5) is 4.74. The van der Waals surface area contributed by atoms with Gasteiger partial charge in [0.1, 0.15) is 0 Å². The minimum Gasteiger partial charge on any atom is -0.306 e. The number of thiophene rings is 1. The van der Waals surface area contributed by atoms with Gasteiger partial charge < -0.3 is 9.80 Å². The third kappa shape index (κ3) is 2.92. The van der Waals surface area contributed by atoms with Gasteiger partial charge in [-0.2, -0.15) is 0 Å². The van der Waals surface area contributed by atoms with Gasteiger partial charge in [-0.05, 0) is 76.6 Å². The Bertz CT molecular complexity index is 1660. The molecule has 162 valence electrons. The monoisotopic (exact) mass is 518 g/mol. The third-order valence-electron chi connectivity index (χ3n) is 6.44. The number of halogens is 1. The minimum atomic E-state index is 1.07. The maximum atomic E-state index is 3.79. The lowest BCUT2D eigenvalue weighted by atomic mass is 10.0. The number of nitrogens with zero attached hydrogens (tertiary/aromatic N) is 2. The van der Waals surface area contributed by atoms with Crippen LogP contribution >= 0.6 is 27.3 Å². The molecule has 6 aromatic rings. The highest BCUT2D eigenvalue weighted by Gasteiger charge is 2.30. The van der Waals surface area contributed by atoms with Gasteiger partial charge in [0.2, 0.25) is 0 Å². The molecular weight excluding hydrogens is 500 g/mol. The first-order valence-electron chi connectivity index (χ1n) is 11.2. The Balaban J connectivity index is 1.50. The van der Waals surface area contributed by atoms with Gasteiger partial charge >= 0.3 is 0 Å². The number of para-hydroxylation sites is 5. The van der Waals surface area contributed by atoms with Crippen LogP contribution in [0.15, 0.2) is 120 Å². The van der Waals surface area contributed by atoms with E-state index in [1.54, 1.807) is 0 Å². The second kappa shape index (κ2) is 7.73. The van der Waals surface area contributed by atoms with Crippen LogP contribution in [0.1, 0.15) is 0 Å². The lowest BCUT2D eigenvalue weighted by Gasteiger charge is -2.40. The molecule has 1 aromatic heterocycles. The van der Waals surface area contributed by atoms with Crippen LogP contribution in [-0.2, 0) is 0 Å². The minimum absolute atomic E-state index is 1.07. The molecule has 0 atom stereocenters. The average Bonchev–Trinajstić information content (AvgIpc) is 3.26. The van der Waals surface area contributed by atoms with Gasteiger partial charge in [-0.3, -0.25) is 0 Å². The first-order chi connectivity index (χ1) is 16.8. The highest BCUT2D eigenvalue weighted by Crippen LogP contribution is 2.55. The fourth-order valence-corrected chi connectivity index (χ4v) is 6.52. The zero-order valence-electron chi connectivity index (χ0n) is 18.2. The molecular formula is C30H19BrN2S. The van der Waals surface area contributed by atoms with Gasteiger partial charge in [0, 0.05) is 30.3 Å². The van der Waals surface area contributed by atoms with E-state index in [2.05, 4.69) is 141 Å². The summed E-state index contributed by atoms with van der Waals surface area (Å²) in [5, 5.41) is 2.62. The molecule has 0 spiro atoms. The number of hydrogen-bond donors (Lipinski definition) is 0. The van der Waals surface area contributed by atoms with Crippen LogP contribution in [0, 0.1) is 0 Å². The van der Waals surface area contributed by atoms with Gasteiger partial charge in [-0.1, -0.05) is 54.6 Å². The first kappa shape index (κ1) is 19.8. The number of hydrogen-bond acceptors (Lipinski definition) is 3. The number of anilines is 6. The Morgan fingerprint density at radius 3 is 1.68 bits per heavy atom. The van der Waals surface area contributed by atoms with Gasteiger partial charge in [0.05, 0.1) is 28.4 Å². The normalized spacial score (nSPS) is 12.7. The number of fused-ring (bicyclic) bond motifs is 5. The summed E-state index contributed by atoms with van der Waals surface area (Å²) in [6.45, 7) is 0. The van der Waals surface area contributed by atoms with E-state index in [1.165, 1.54) is 25.9 Å². The molecule has 1 aliphatic heterocycles. The predicted octanol–water partition coefficient (Wildman–Crippen LogP) is 10.1. The smallest absolute Gasteiger partial charge is 0.0703 e. The summed E-state index contributed by atoms with van der Waals surface area (Å²) in [5.41, 5.74) is 6.93. The van der Waals surface area contributed by atoms with Crippen molar-refractivity contribution >= 4 is 81.6 Å². The largest absolute Gasteiger partial charge is 0.306 e. The Kier molecular flexibility index (Phi) is 4.51. The fourth-order valence-electron chi connectivity index (χ4n) is 4.97. The SMILES string of the molecule is Brc1ccccc1N1c2ccccc2N(c2ccc3sc4ccccc4c3c2)c2ccccc21. The Morgan fingerprint density at radius 2 is 1.00 bits per heavy atom. The molecule has 1 aliphatic rings. The van der Waals surface area contributed by atoms with Gasteiger partial charge in [-0.25, -0.2) is 0 Å². The zero-order valence-corrected chi connectivity index (χ0v) is 20.6. The Labute approximate surface area is 210 Å². The van der Waals surface area contributed by atoms with Crippen LogP contribution in [0.5, 0.6) is 0 Å². The maximum Gasteiger partial charge on any atom is 0.0703 e. The van der Waals surface area contributed by atoms with Crippen LogP contribution in [0.4, 0.5) is 34.1 Å². The van der Waals surface area contributed by atoms with Crippen molar-refractivity contribution in [2.24, 2.45) is 0 Å². The van der Waals surface area contributed by atoms with E-state index in [-0.39, 0.29) is 0 Å². The Hall–Kier alpha value is -3.60. The molecule has 0 amide bonds. The molecule has 0 unspecified atom stereocenters. The van der Waals surface area contributed by atoms with E-state index < -0.39 is 0 Å². The summed E-state index contributed by atoms with van der Waals surface area (Å²) < 4.78 is 3.71. The molecule has 4 heteroatoms. The fraction of sp³-hybridized carbons (Fsp3) is 0. The molecule has 0 saturated carbocycles. The van der Waals surface area contributed by atoms with Crippen LogP contribution in [0.25, 0.3) is 20.2 Å². The summed E-state index contributed by atoms with van der Waals surface area (Å²) in [6, 6.07) is 41.3. The molecule has 0 radical (unpaired) electrons. The van der Waals surface area contributed by atoms with Gasteiger partial charge in [-0.15, -0.1) is 11.3 Å². The molecule has 0 fully saturated rings. The summed E-state index contributed by atoms with van der Waals surface area (Å²) >= 11 is 5.64. The quantitative estimate of drug-likeness (QED) is 0.224. The van der Waals surface area contributed by atoms with Gasteiger partial charge in [0.25, 0.3) is 0 Å². The molecule has 7 rings (SSSR count). The van der Waals surface area contributed by atoms with E-state index >= 15 is 0 Å². The summed E-state index contributed by atoms with van der Waals surface area (Å²) in [5.74, 6) is 0. The van der Waals surface area contributed by atoms with Crippen molar-refractivity contribution in [3.8, 4) is 0 Å². The van der Waals surface area contributed by atoms with E-state index in [0.717, 1.165) is 32.9 Å². The van der Waals surface area contributed by atoms with Crippen LogP contribution in [0.2, 0.25) is 0 Å². The van der Waals surface area contributed by atoms with Crippen molar-refractivity contribution in [1.29, 1.82) is 0 Å². The lowest BCUT2D eigenvalue weighted by Crippen LogP contribution is -2.24. The standard InChI is InChI=1S/C30H19BrN2S/c31-23-10-2-3-11-24(23)33-27-14-6-4-12-25(27)32(26-13-5-7-15-28(26)33)20-17-18-30-22(19-20)21-9-1-8-16-29(21)34-30/h1-19H. The summed E-state index contributed by atoms with van der Waals surface area (Å²) in [7, 11) is 0. The highest BCUT2D eigenvalue weighted by atomic mass is 79.9. The zero-order chi connectivity index (χ0) is 22.6. The Morgan fingerprint density at radius 1 is 0.471 bits per heavy atom. The first-order valence-corrected chi connectivity index (χ1v) is 12.8. The molecule has 0 bridgehead atoms. The van der Waals surface area contributed by atoms with Crippen molar-refractivity contribution in [2.75, 3.05) is 9.80 Å². The molecule has 2 heterocycles. The van der Waals surface area contributed by atoms with Crippen molar-refractivity contribution in [2.45, 2.75) is 0 Å². The van der Waals surface area contributed by atoms with E-state index in [1.807, 2.05) is 11.3 Å². The van der Waals surface area contributed by atoms with E-state index in [0.29, 0.717) is 0 Å². The molecule has 34 heavy (non-hydrogen) atoms. The number of benzene rings is 5. The van der Waals surface area contributed by atoms with Crippen molar-refractivity contribution in [1.82, 2.24) is 0 Å². The number of rotatable bonds is 2. The van der Waals surface area contributed by atoms with Crippen LogP contribution < -0.4 is 9.80 Å². The molecule has 2 nitrogen and oxygen atoms in total. The second-order valence-corrected chi connectivity index (χ2v) is 10.3. The van der Waals surface area contributed by atoms with E-state index in [9.17, 15) is 0 Å². The highest BCUT2D eigenvalue weighted by molar-refractivity contribution is 9.10. The molecule has 0 saturated heterocycles. The second-order valence-electron chi connectivity index (χ2n) is 8.38. The topological polar surface area (TPSA) is 6.48 Å². The van der Waals surface area contributed by atoms with Crippen molar-refractivity contribution < 1.29 is 0 Å². The van der Waals surface area contributed by atoms with Crippen LogP contribution in [0.3, 0.4) is 0 Å². The van der Waals surface area contributed by atoms with Gasteiger partial charge in [0.15, 0.2) is 0 Å². The third-order valence-corrected chi connectivity index (χ3v) is 8.26. The van der Waals surface area contributed by atoms with E-state index in [4.69, 9.17) is 0 Å². The molecule has 0 N–H and O–H groups in total. The summed E-state index contributed by atoms with van der Waals surface area (Å²) in [6.07, 6.45) is 0. The van der Waals surface area contributed by atoms with Crippen molar-refractivity contribution in [3.05, 3.63) is 120 Å². The van der Waals surface area contributed by atoms with Crippen molar-refractivity contribution in [3.63, 3.8) is 0 Å². The lowest BCUT2D eigenvalue weighted by molar-refractivity contribution is 1.17. The molecule has 0 aliphatic carbocycles.